The average molecular weight is 153 g/mol. The predicted octanol–water partition coefficient (Wildman–Crippen LogP) is 1.57. The summed E-state index contributed by atoms with van der Waals surface area (Å²) in [5.74, 6) is -1.95. The Bertz CT molecular complexity index is 209. The van der Waals surface area contributed by atoms with Gasteiger partial charge in [-0.2, -0.15) is 5.26 Å². The minimum atomic E-state index is -1.05. The fourth-order valence-electron chi connectivity index (χ4n) is 0.562. The lowest BCUT2D eigenvalue weighted by Gasteiger charge is -1.97. The molecule has 0 amide bonds. The van der Waals surface area contributed by atoms with Crippen molar-refractivity contribution >= 4 is 5.97 Å². The molecule has 0 radical (unpaired) electrons. The molecule has 0 spiro atoms. The smallest absolute Gasteiger partial charge is 0.321 e. The van der Waals surface area contributed by atoms with Gasteiger partial charge in [-0.25, -0.2) is 0 Å². The van der Waals surface area contributed by atoms with Gasteiger partial charge in [-0.3, -0.25) is 4.79 Å². The van der Waals surface area contributed by atoms with Crippen LogP contribution in [0.2, 0.25) is 0 Å². The second-order valence-corrected chi connectivity index (χ2v) is 2.54. The summed E-state index contributed by atoms with van der Waals surface area (Å²) in [4.78, 5) is 10.3. The van der Waals surface area contributed by atoms with E-state index in [4.69, 9.17) is 10.4 Å². The molecule has 0 aromatic carbocycles. The van der Waals surface area contributed by atoms with E-state index < -0.39 is 11.9 Å². The molecule has 0 aliphatic heterocycles. The van der Waals surface area contributed by atoms with Crippen LogP contribution in [0.4, 0.5) is 0 Å². The number of allylic oxidation sites excluding steroid dienone is 2. The van der Waals surface area contributed by atoms with Crippen LogP contribution in [0, 0.1) is 17.2 Å². The standard InChI is InChI=1S/C8H11NO2/c1-6(2)3-4-7(5-9)8(10)11/h3,7H,4H2,1-2H3,(H,10,11). The molecule has 0 aliphatic rings. The van der Waals surface area contributed by atoms with Gasteiger partial charge in [-0.1, -0.05) is 11.6 Å². The number of nitriles is 1. The van der Waals surface area contributed by atoms with Crippen molar-refractivity contribution in [3.05, 3.63) is 11.6 Å². The first-order chi connectivity index (χ1) is 5.07. The van der Waals surface area contributed by atoms with E-state index in [2.05, 4.69) is 0 Å². The van der Waals surface area contributed by atoms with E-state index in [1.54, 1.807) is 12.1 Å². The van der Waals surface area contributed by atoms with Crippen molar-refractivity contribution in [1.29, 1.82) is 5.26 Å². The molecule has 0 aromatic heterocycles. The molecule has 0 saturated carbocycles. The zero-order chi connectivity index (χ0) is 8.85. The van der Waals surface area contributed by atoms with Gasteiger partial charge in [0.2, 0.25) is 0 Å². The highest BCUT2D eigenvalue weighted by Crippen LogP contribution is 2.04. The van der Waals surface area contributed by atoms with Crippen molar-refractivity contribution in [3.8, 4) is 6.07 Å². The lowest BCUT2D eigenvalue weighted by molar-refractivity contribution is -0.139. The number of hydrogen-bond acceptors (Lipinski definition) is 2. The Morgan fingerprint density at radius 1 is 1.73 bits per heavy atom. The lowest BCUT2D eigenvalue weighted by atomic mass is 10.1. The SMILES string of the molecule is CC(C)=CCC(C#N)C(=O)O. The molecule has 0 saturated heterocycles. The number of hydrogen-bond donors (Lipinski definition) is 1. The maximum atomic E-state index is 10.3. The second-order valence-electron chi connectivity index (χ2n) is 2.54. The fraction of sp³-hybridized carbons (Fsp3) is 0.500. The van der Waals surface area contributed by atoms with Crippen LogP contribution in [0.5, 0.6) is 0 Å². The molecule has 0 heterocycles. The predicted molar refractivity (Wildman–Crippen MR) is 40.8 cm³/mol. The Morgan fingerprint density at radius 2 is 2.27 bits per heavy atom. The third-order valence-corrected chi connectivity index (χ3v) is 1.22. The highest BCUT2D eigenvalue weighted by Gasteiger charge is 2.13. The summed E-state index contributed by atoms with van der Waals surface area (Å²) in [6.07, 6.45) is 2.05. The van der Waals surface area contributed by atoms with Gasteiger partial charge in [-0.05, 0) is 20.3 Å². The van der Waals surface area contributed by atoms with Crippen LogP contribution >= 0.6 is 0 Å². The second kappa shape index (κ2) is 4.51. The van der Waals surface area contributed by atoms with Gasteiger partial charge < -0.3 is 5.11 Å². The van der Waals surface area contributed by atoms with Crippen LogP contribution in [0.1, 0.15) is 20.3 Å². The molecule has 0 fully saturated rings. The molecule has 0 bridgehead atoms. The van der Waals surface area contributed by atoms with E-state index in [0.29, 0.717) is 6.42 Å². The molecule has 1 unspecified atom stereocenters. The average Bonchev–Trinajstić information content (AvgIpc) is 1.87. The van der Waals surface area contributed by atoms with Gasteiger partial charge in [0.15, 0.2) is 0 Å². The third-order valence-electron chi connectivity index (χ3n) is 1.22. The summed E-state index contributed by atoms with van der Waals surface area (Å²) in [7, 11) is 0. The summed E-state index contributed by atoms with van der Waals surface area (Å²) in [5.41, 5.74) is 1.03. The van der Waals surface area contributed by atoms with E-state index >= 15 is 0 Å². The first-order valence-corrected chi connectivity index (χ1v) is 3.33. The van der Waals surface area contributed by atoms with E-state index in [1.165, 1.54) is 0 Å². The van der Waals surface area contributed by atoms with Crippen molar-refractivity contribution in [2.45, 2.75) is 20.3 Å². The van der Waals surface area contributed by atoms with Crippen molar-refractivity contribution in [3.63, 3.8) is 0 Å². The largest absolute Gasteiger partial charge is 0.480 e. The molecular weight excluding hydrogens is 142 g/mol. The van der Waals surface area contributed by atoms with Gasteiger partial charge in [0, 0.05) is 0 Å². The van der Waals surface area contributed by atoms with Crippen LogP contribution in [0.15, 0.2) is 11.6 Å². The number of rotatable bonds is 3. The monoisotopic (exact) mass is 153 g/mol. The van der Waals surface area contributed by atoms with Gasteiger partial charge in [-0.15, -0.1) is 0 Å². The van der Waals surface area contributed by atoms with Crippen LogP contribution in [-0.4, -0.2) is 11.1 Å². The Kier molecular flexibility index (Phi) is 3.97. The number of nitrogens with zero attached hydrogens (tertiary/aromatic N) is 1. The Balaban J connectivity index is 4.03. The topological polar surface area (TPSA) is 61.1 Å². The van der Waals surface area contributed by atoms with Crippen molar-refractivity contribution < 1.29 is 9.90 Å². The maximum absolute atomic E-state index is 10.3. The lowest BCUT2D eigenvalue weighted by Crippen LogP contribution is -2.09. The first kappa shape index (κ1) is 9.70. The molecule has 11 heavy (non-hydrogen) atoms. The highest BCUT2D eigenvalue weighted by molar-refractivity contribution is 5.73. The zero-order valence-corrected chi connectivity index (χ0v) is 6.66. The minimum absolute atomic E-state index is 0.300. The van der Waals surface area contributed by atoms with Gasteiger partial charge in [0.25, 0.3) is 0 Å². The highest BCUT2D eigenvalue weighted by atomic mass is 16.4. The molecule has 0 aliphatic carbocycles. The first-order valence-electron chi connectivity index (χ1n) is 3.33. The minimum Gasteiger partial charge on any atom is -0.480 e. The molecular formula is C8H11NO2. The van der Waals surface area contributed by atoms with Crippen molar-refractivity contribution in [2.75, 3.05) is 0 Å². The number of carboxylic acids is 1. The summed E-state index contributed by atoms with van der Waals surface area (Å²) in [6.45, 7) is 3.74. The molecule has 0 rings (SSSR count). The Hall–Kier alpha value is -1.30. The number of aliphatic carboxylic acids is 1. The molecule has 1 N–H and O–H groups in total. The fourth-order valence-corrected chi connectivity index (χ4v) is 0.562. The van der Waals surface area contributed by atoms with Crippen LogP contribution in [0.25, 0.3) is 0 Å². The maximum Gasteiger partial charge on any atom is 0.321 e. The van der Waals surface area contributed by atoms with E-state index in [1.807, 2.05) is 13.8 Å². The zero-order valence-electron chi connectivity index (χ0n) is 6.66. The van der Waals surface area contributed by atoms with E-state index in [-0.39, 0.29) is 0 Å². The van der Waals surface area contributed by atoms with Crippen LogP contribution < -0.4 is 0 Å². The molecule has 3 heteroatoms. The van der Waals surface area contributed by atoms with Crippen LogP contribution in [-0.2, 0) is 4.79 Å². The number of carbonyl (C=O) groups is 1. The third kappa shape index (κ3) is 4.15. The summed E-state index contributed by atoms with van der Waals surface area (Å²) >= 11 is 0. The van der Waals surface area contributed by atoms with Crippen LogP contribution in [0.3, 0.4) is 0 Å². The Morgan fingerprint density at radius 3 is 2.55 bits per heavy atom. The van der Waals surface area contributed by atoms with Gasteiger partial charge >= 0.3 is 5.97 Å². The van der Waals surface area contributed by atoms with Crippen molar-refractivity contribution in [2.24, 2.45) is 5.92 Å². The molecule has 60 valence electrons. The van der Waals surface area contributed by atoms with Crippen molar-refractivity contribution in [1.82, 2.24) is 0 Å². The van der Waals surface area contributed by atoms with Gasteiger partial charge in [0.05, 0.1) is 6.07 Å². The normalized spacial score (nSPS) is 11.4. The summed E-state index contributed by atoms with van der Waals surface area (Å²) in [5, 5.41) is 16.8. The number of carboxylic acid groups (broad SMARTS) is 1. The summed E-state index contributed by atoms with van der Waals surface area (Å²) < 4.78 is 0. The van der Waals surface area contributed by atoms with Gasteiger partial charge in [0.1, 0.15) is 5.92 Å². The molecule has 1 atom stereocenters. The summed E-state index contributed by atoms with van der Waals surface area (Å²) in [6, 6.07) is 1.71. The molecule has 3 nitrogen and oxygen atoms in total. The Labute approximate surface area is 66.0 Å². The quantitative estimate of drug-likeness (QED) is 0.626. The molecule has 0 aromatic rings. The van der Waals surface area contributed by atoms with E-state index in [9.17, 15) is 4.79 Å². The van der Waals surface area contributed by atoms with E-state index in [0.717, 1.165) is 5.57 Å².